The molecule has 0 saturated heterocycles. The quantitative estimate of drug-likeness (QED) is 0.249. The van der Waals surface area contributed by atoms with Gasteiger partial charge in [-0.25, -0.2) is 0 Å². The highest BCUT2D eigenvalue weighted by molar-refractivity contribution is 5.91. The third-order valence-electron chi connectivity index (χ3n) is 8.47. The van der Waals surface area contributed by atoms with Crippen LogP contribution in [0.1, 0.15) is 74.8 Å². The molecule has 2 heteroatoms. The molecule has 2 unspecified atom stereocenters. The minimum absolute atomic E-state index is 0.200. The van der Waals surface area contributed by atoms with E-state index in [-0.39, 0.29) is 5.41 Å². The van der Waals surface area contributed by atoms with Crippen LogP contribution in [-0.2, 0) is 5.41 Å². The first-order valence-electron chi connectivity index (χ1n) is 12.8. The zero-order chi connectivity index (χ0) is 23.9. The molecule has 174 valence electrons. The van der Waals surface area contributed by atoms with Gasteiger partial charge in [0, 0.05) is 33.4 Å². The third-order valence-corrected chi connectivity index (χ3v) is 8.47. The smallest absolute Gasteiger partial charge is 0.177 e. The maximum atomic E-state index is 6.64. The first kappa shape index (κ1) is 20.8. The number of ether oxygens (including phenoxy) is 1. The van der Waals surface area contributed by atoms with Crippen molar-refractivity contribution in [3.8, 4) is 22.6 Å². The topological polar surface area (TPSA) is 22.4 Å². The summed E-state index contributed by atoms with van der Waals surface area (Å²) in [5, 5.41) is 3.75. The molecule has 0 saturated carbocycles. The normalized spacial score (nSPS) is 20.2. The molecule has 35 heavy (non-hydrogen) atoms. The molecular formula is C33H30O2. The van der Waals surface area contributed by atoms with Gasteiger partial charge >= 0.3 is 0 Å². The van der Waals surface area contributed by atoms with E-state index in [1.807, 2.05) is 0 Å². The van der Waals surface area contributed by atoms with Crippen LogP contribution in [0, 0.1) is 0 Å². The molecule has 0 spiro atoms. The zero-order valence-electron chi connectivity index (χ0n) is 20.8. The molecule has 4 aromatic carbocycles. The molecule has 0 radical (unpaired) electrons. The molecule has 1 aliphatic carbocycles. The van der Waals surface area contributed by atoms with Crippen molar-refractivity contribution in [1.29, 1.82) is 0 Å². The van der Waals surface area contributed by atoms with Gasteiger partial charge in [-0.05, 0) is 58.9 Å². The molecule has 2 aliphatic rings. The van der Waals surface area contributed by atoms with Crippen molar-refractivity contribution in [3.63, 3.8) is 0 Å². The van der Waals surface area contributed by atoms with Gasteiger partial charge in [-0.3, -0.25) is 0 Å². The Kier molecular flexibility index (Phi) is 4.31. The van der Waals surface area contributed by atoms with Crippen molar-refractivity contribution in [3.05, 3.63) is 95.2 Å². The predicted octanol–water partition coefficient (Wildman–Crippen LogP) is 9.69. The molecule has 2 atom stereocenters. The van der Waals surface area contributed by atoms with Crippen molar-refractivity contribution in [1.82, 2.24) is 0 Å². The van der Waals surface area contributed by atoms with Gasteiger partial charge in [0.1, 0.15) is 11.5 Å². The SMILES string of the molecule is CC1CCC(C)c2c1oc1c3c(ccc21)C(C)(C)c1cc(-c2ccc4ccccc4c2)ccc1O3. The summed E-state index contributed by atoms with van der Waals surface area (Å²) in [6.45, 7) is 9.22. The molecule has 0 amide bonds. The van der Waals surface area contributed by atoms with Crippen molar-refractivity contribution in [2.75, 3.05) is 0 Å². The Morgan fingerprint density at radius 3 is 2.34 bits per heavy atom. The van der Waals surface area contributed by atoms with E-state index in [1.165, 1.54) is 56.8 Å². The summed E-state index contributed by atoms with van der Waals surface area (Å²) >= 11 is 0. The first-order valence-corrected chi connectivity index (χ1v) is 12.8. The lowest BCUT2D eigenvalue weighted by Crippen LogP contribution is -2.24. The van der Waals surface area contributed by atoms with Crippen LogP contribution in [0.15, 0.2) is 77.2 Å². The van der Waals surface area contributed by atoms with Gasteiger partial charge in [0.25, 0.3) is 0 Å². The number of hydrogen-bond acceptors (Lipinski definition) is 2. The van der Waals surface area contributed by atoms with E-state index in [1.54, 1.807) is 0 Å². The second-order valence-electron chi connectivity index (χ2n) is 11.1. The minimum Gasteiger partial charge on any atom is -0.457 e. The Hall–Kier alpha value is -3.52. The van der Waals surface area contributed by atoms with Crippen molar-refractivity contribution in [2.45, 2.75) is 57.8 Å². The summed E-state index contributed by atoms with van der Waals surface area (Å²) in [5.74, 6) is 3.96. The molecule has 1 aliphatic heterocycles. The Bertz CT molecular complexity index is 1630. The zero-order valence-corrected chi connectivity index (χ0v) is 20.8. The fraction of sp³-hybridized carbons (Fsp3) is 0.273. The highest BCUT2D eigenvalue weighted by Crippen LogP contribution is 2.54. The second kappa shape index (κ2) is 7.24. The maximum Gasteiger partial charge on any atom is 0.177 e. The summed E-state index contributed by atoms with van der Waals surface area (Å²) in [4.78, 5) is 0. The third kappa shape index (κ3) is 2.95. The van der Waals surface area contributed by atoms with Crippen LogP contribution in [0.5, 0.6) is 11.5 Å². The number of rotatable bonds is 1. The molecule has 0 fully saturated rings. The molecule has 0 N–H and O–H groups in total. The predicted molar refractivity (Wildman–Crippen MR) is 144 cm³/mol. The lowest BCUT2D eigenvalue weighted by molar-refractivity contribution is 0.398. The number of benzene rings is 4. The summed E-state index contributed by atoms with van der Waals surface area (Å²) < 4.78 is 13.2. The fourth-order valence-corrected chi connectivity index (χ4v) is 6.33. The summed E-state index contributed by atoms with van der Waals surface area (Å²) in [7, 11) is 0. The molecule has 7 rings (SSSR count). The van der Waals surface area contributed by atoms with Crippen LogP contribution in [0.3, 0.4) is 0 Å². The van der Waals surface area contributed by atoms with E-state index < -0.39 is 0 Å². The fourth-order valence-electron chi connectivity index (χ4n) is 6.33. The molecule has 2 heterocycles. The van der Waals surface area contributed by atoms with Crippen molar-refractivity contribution < 1.29 is 9.15 Å². The first-order chi connectivity index (χ1) is 16.9. The van der Waals surface area contributed by atoms with Crippen molar-refractivity contribution in [2.24, 2.45) is 0 Å². The van der Waals surface area contributed by atoms with Crippen LogP contribution in [0.2, 0.25) is 0 Å². The summed E-state index contributed by atoms with van der Waals surface area (Å²) in [5.41, 5.74) is 6.96. The van der Waals surface area contributed by atoms with Gasteiger partial charge in [0.15, 0.2) is 11.3 Å². The number of hydrogen-bond donors (Lipinski definition) is 0. The Labute approximate surface area is 206 Å². The lowest BCUT2D eigenvalue weighted by Gasteiger charge is -2.34. The molecule has 2 nitrogen and oxygen atoms in total. The average Bonchev–Trinajstić information content (AvgIpc) is 3.27. The molecule has 1 aromatic heterocycles. The van der Waals surface area contributed by atoms with E-state index >= 15 is 0 Å². The van der Waals surface area contributed by atoms with E-state index in [2.05, 4.69) is 100 Å². The van der Waals surface area contributed by atoms with Gasteiger partial charge in [-0.2, -0.15) is 0 Å². The van der Waals surface area contributed by atoms with Gasteiger partial charge < -0.3 is 9.15 Å². The standard InChI is InChI=1S/C33H30O2/c1-19-9-10-20(2)30-29(19)25-14-15-26-32(31(25)35-30)34-28-16-13-24(18-27(28)33(26,3)4)23-12-11-21-7-5-6-8-22(21)17-23/h5-8,11-20H,9-10H2,1-4H3. The minimum atomic E-state index is -0.200. The largest absolute Gasteiger partial charge is 0.457 e. The highest BCUT2D eigenvalue weighted by atomic mass is 16.5. The van der Waals surface area contributed by atoms with E-state index in [4.69, 9.17) is 9.15 Å². The van der Waals surface area contributed by atoms with E-state index in [0.29, 0.717) is 11.8 Å². The number of furan rings is 1. The van der Waals surface area contributed by atoms with Crippen LogP contribution >= 0.6 is 0 Å². The molecule has 5 aromatic rings. The van der Waals surface area contributed by atoms with Crippen molar-refractivity contribution >= 4 is 21.7 Å². The van der Waals surface area contributed by atoms with Gasteiger partial charge in [-0.1, -0.05) is 82.3 Å². The Balaban J connectivity index is 1.37. The van der Waals surface area contributed by atoms with Gasteiger partial charge in [0.2, 0.25) is 0 Å². The monoisotopic (exact) mass is 458 g/mol. The lowest BCUT2D eigenvalue weighted by atomic mass is 9.74. The van der Waals surface area contributed by atoms with Crippen LogP contribution in [0.4, 0.5) is 0 Å². The maximum absolute atomic E-state index is 6.64. The Morgan fingerprint density at radius 2 is 1.49 bits per heavy atom. The van der Waals surface area contributed by atoms with E-state index in [0.717, 1.165) is 22.8 Å². The molecule has 0 bridgehead atoms. The highest BCUT2D eigenvalue weighted by Gasteiger charge is 2.38. The number of fused-ring (bicyclic) bond motifs is 7. The van der Waals surface area contributed by atoms with Crippen LogP contribution in [-0.4, -0.2) is 0 Å². The summed E-state index contributed by atoms with van der Waals surface area (Å²) in [6.07, 6.45) is 2.40. The van der Waals surface area contributed by atoms with E-state index in [9.17, 15) is 0 Å². The van der Waals surface area contributed by atoms with Gasteiger partial charge in [-0.15, -0.1) is 0 Å². The Morgan fingerprint density at radius 1 is 0.743 bits per heavy atom. The van der Waals surface area contributed by atoms with Crippen LogP contribution < -0.4 is 4.74 Å². The van der Waals surface area contributed by atoms with Crippen LogP contribution in [0.25, 0.3) is 32.9 Å². The van der Waals surface area contributed by atoms with Gasteiger partial charge in [0.05, 0.1) is 0 Å². The second-order valence-corrected chi connectivity index (χ2v) is 11.1. The summed E-state index contributed by atoms with van der Waals surface area (Å²) in [6, 6.07) is 26.4. The molecular weight excluding hydrogens is 428 g/mol. The average molecular weight is 459 g/mol.